The van der Waals surface area contributed by atoms with E-state index >= 15 is 0 Å². The first kappa shape index (κ1) is 15.4. The van der Waals surface area contributed by atoms with Gasteiger partial charge in [0.2, 0.25) is 0 Å². The number of esters is 1. The maximum absolute atomic E-state index is 11.7. The van der Waals surface area contributed by atoms with Crippen LogP contribution in [0.1, 0.15) is 52.9 Å². The van der Waals surface area contributed by atoms with Crippen LogP contribution in [0.5, 0.6) is 0 Å². The number of aliphatic hydroxyl groups excluding tert-OH is 2. The van der Waals surface area contributed by atoms with Gasteiger partial charge in [0.15, 0.2) is 0 Å². The normalized spacial score (nSPS) is 26.7. The van der Waals surface area contributed by atoms with Gasteiger partial charge in [0.05, 0.1) is 12.7 Å². The minimum atomic E-state index is -0.604. The summed E-state index contributed by atoms with van der Waals surface area (Å²) in [6.07, 6.45) is 3.50. The lowest BCUT2D eigenvalue weighted by Crippen LogP contribution is -2.30. The molecule has 2 N–H and O–H groups in total. The summed E-state index contributed by atoms with van der Waals surface area (Å²) in [5.41, 5.74) is -0.415. The molecule has 4 nitrogen and oxygen atoms in total. The standard InChI is InChI=1S/C14H26O4/c1-14(2,3)18-13(17)8-10-4-6-11(7-5-10)12(16)9-15/h10-12,15-16H,4-9H2,1-3H3. The SMILES string of the molecule is CC(C)(C)OC(=O)CC1CCC(C(O)CO)CC1. The summed E-state index contributed by atoms with van der Waals surface area (Å²) in [4.78, 5) is 11.7. The van der Waals surface area contributed by atoms with E-state index in [1.807, 2.05) is 20.8 Å². The molecule has 0 amide bonds. The molecule has 0 spiro atoms. The molecule has 0 aromatic carbocycles. The van der Waals surface area contributed by atoms with Crippen LogP contribution in [0, 0.1) is 11.8 Å². The van der Waals surface area contributed by atoms with Gasteiger partial charge in [0.1, 0.15) is 5.60 Å². The number of ether oxygens (including phenoxy) is 1. The van der Waals surface area contributed by atoms with E-state index in [1.165, 1.54) is 0 Å². The molecule has 1 atom stereocenters. The van der Waals surface area contributed by atoms with Crippen LogP contribution >= 0.6 is 0 Å². The van der Waals surface area contributed by atoms with Crippen molar-refractivity contribution < 1.29 is 19.7 Å². The van der Waals surface area contributed by atoms with Gasteiger partial charge in [-0.2, -0.15) is 0 Å². The molecule has 0 aliphatic heterocycles. The molecule has 0 radical (unpaired) electrons. The zero-order valence-electron chi connectivity index (χ0n) is 11.7. The number of hydrogen-bond donors (Lipinski definition) is 2. The fourth-order valence-corrected chi connectivity index (χ4v) is 2.55. The van der Waals surface area contributed by atoms with Gasteiger partial charge < -0.3 is 14.9 Å². The van der Waals surface area contributed by atoms with Gasteiger partial charge in [-0.25, -0.2) is 0 Å². The van der Waals surface area contributed by atoms with Crippen molar-refractivity contribution in [2.45, 2.75) is 64.6 Å². The summed E-state index contributed by atoms with van der Waals surface area (Å²) >= 11 is 0. The maximum atomic E-state index is 11.7. The first-order valence-corrected chi connectivity index (χ1v) is 6.82. The molecule has 1 saturated carbocycles. The molecule has 18 heavy (non-hydrogen) atoms. The van der Waals surface area contributed by atoms with E-state index in [0.29, 0.717) is 12.3 Å². The van der Waals surface area contributed by atoms with Crippen LogP contribution < -0.4 is 0 Å². The number of carbonyl (C=O) groups is 1. The highest BCUT2D eigenvalue weighted by Gasteiger charge is 2.28. The van der Waals surface area contributed by atoms with Gasteiger partial charge in [0, 0.05) is 6.42 Å². The molecule has 1 fully saturated rings. The average molecular weight is 258 g/mol. The molecule has 0 bridgehead atoms. The van der Waals surface area contributed by atoms with Gasteiger partial charge in [-0.05, 0) is 58.3 Å². The summed E-state index contributed by atoms with van der Waals surface area (Å²) in [6.45, 7) is 5.46. The molecule has 106 valence electrons. The van der Waals surface area contributed by atoms with E-state index in [9.17, 15) is 9.90 Å². The summed E-state index contributed by atoms with van der Waals surface area (Å²) in [5.74, 6) is 0.417. The van der Waals surface area contributed by atoms with Gasteiger partial charge in [-0.3, -0.25) is 4.79 Å². The largest absolute Gasteiger partial charge is 0.460 e. The minimum absolute atomic E-state index is 0.131. The molecule has 1 aliphatic carbocycles. The molecule has 1 aliphatic rings. The molecular weight excluding hydrogens is 232 g/mol. The zero-order valence-corrected chi connectivity index (χ0v) is 11.7. The third kappa shape index (κ3) is 5.36. The second-order valence-corrected chi connectivity index (χ2v) is 6.32. The van der Waals surface area contributed by atoms with Crippen molar-refractivity contribution in [2.75, 3.05) is 6.61 Å². The molecular formula is C14H26O4. The van der Waals surface area contributed by atoms with Crippen LogP contribution in [0.3, 0.4) is 0 Å². The van der Waals surface area contributed by atoms with Crippen LogP contribution in [0.25, 0.3) is 0 Å². The molecule has 0 heterocycles. The van der Waals surface area contributed by atoms with E-state index in [1.54, 1.807) is 0 Å². The van der Waals surface area contributed by atoms with Crippen LogP contribution in [0.15, 0.2) is 0 Å². The highest BCUT2D eigenvalue weighted by atomic mass is 16.6. The van der Waals surface area contributed by atoms with Crippen LogP contribution in [-0.2, 0) is 9.53 Å². The average Bonchev–Trinajstić information content (AvgIpc) is 2.26. The Morgan fingerprint density at radius 1 is 1.28 bits per heavy atom. The number of hydrogen-bond acceptors (Lipinski definition) is 4. The maximum Gasteiger partial charge on any atom is 0.306 e. The highest BCUT2D eigenvalue weighted by Crippen LogP contribution is 2.33. The fraction of sp³-hybridized carbons (Fsp3) is 0.929. The molecule has 1 rings (SSSR count). The van der Waals surface area contributed by atoms with Gasteiger partial charge in [-0.15, -0.1) is 0 Å². The Balaban J connectivity index is 2.29. The Morgan fingerprint density at radius 2 is 1.83 bits per heavy atom. The van der Waals surface area contributed by atoms with Crippen LogP contribution in [-0.4, -0.2) is 34.5 Å². The van der Waals surface area contributed by atoms with Crippen LogP contribution in [0.4, 0.5) is 0 Å². The van der Waals surface area contributed by atoms with E-state index in [4.69, 9.17) is 9.84 Å². The third-order valence-corrected chi connectivity index (χ3v) is 3.50. The van der Waals surface area contributed by atoms with Crippen molar-refractivity contribution in [1.82, 2.24) is 0 Å². The monoisotopic (exact) mass is 258 g/mol. The van der Waals surface area contributed by atoms with Crippen molar-refractivity contribution in [2.24, 2.45) is 11.8 Å². The Morgan fingerprint density at radius 3 is 2.28 bits per heavy atom. The first-order chi connectivity index (χ1) is 8.31. The van der Waals surface area contributed by atoms with Crippen LogP contribution in [0.2, 0.25) is 0 Å². The quantitative estimate of drug-likeness (QED) is 0.756. The lowest BCUT2D eigenvalue weighted by molar-refractivity contribution is -0.156. The lowest BCUT2D eigenvalue weighted by atomic mass is 9.78. The Hall–Kier alpha value is -0.610. The van der Waals surface area contributed by atoms with Crippen molar-refractivity contribution >= 4 is 5.97 Å². The van der Waals surface area contributed by atoms with E-state index in [-0.39, 0.29) is 18.5 Å². The molecule has 1 unspecified atom stereocenters. The molecule has 0 saturated heterocycles. The van der Waals surface area contributed by atoms with Crippen molar-refractivity contribution in [3.63, 3.8) is 0 Å². The number of carbonyl (C=O) groups excluding carboxylic acids is 1. The van der Waals surface area contributed by atoms with Gasteiger partial charge in [0.25, 0.3) is 0 Å². The summed E-state index contributed by atoms with van der Waals surface area (Å²) < 4.78 is 5.31. The Bertz CT molecular complexity index is 261. The topological polar surface area (TPSA) is 66.8 Å². The van der Waals surface area contributed by atoms with Crippen molar-refractivity contribution in [3.05, 3.63) is 0 Å². The summed E-state index contributed by atoms with van der Waals surface area (Å²) in [7, 11) is 0. The second-order valence-electron chi connectivity index (χ2n) is 6.32. The molecule has 0 aromatic rings. The number of rotatable bonds is 4. The molecule has 0 aromatic heterocycles. The van der Waals surface area contributed by atoms with E-state index in [2.05, 4.69) is 0 Å². The summed E-state index contributed by atoms with van der Waals surface area (Å²) in [6, 6.07) is 0. The summed E-state index contributed by atoms with van der Waals surface area (Å²) in [5, 5.41) is 18.5. The second kappa shape index (κ2) is 6.53. The Labute approximate surface area is 109 Å². The first-order valence-electron chi connectivity index (χ1n) is 6.82. The van der Waals surface area contributed by atoms with Gasteiger partial charge in [-0.1, -0.05) is 0 Å². The van der Waals surface area contributed by atoms with Crippen molar-refractivity contribution in [3.8, 4) is 0 Å². The predicted molar refractivity (Wildman–Crippen MR) is 69.0 cm³/mol. The van der Waals surface area contributed by atoms with E-state index in [0.717, 1.165) is 25.7 Å². The van der Waals surface area contributed by atoms with Gasteiger partial charge >= 0.3 is 5.97 Å². The lowest BCUT2D eigenvalue weighted by Gasteiger charge is -2.31. The smallest absolute Gasteiger partial charge is 0.306 e. The predicted octanol–water partition coefficient (Wildman–Crippen LogP) is 1.88. The molecule has 4 heteroatoms. The minimum Gasteiger partial charge on any atom is -0.460 e. The highest BCUT2D eigenvalue weighted by molar-refractivity contribution is 5.70. The zero-order chi connectivity index (χ0) is 13.8. The van der Waals surface area contributed by atoms with E-state index < -0.39 is 11.7 Å². The van der Waals surface area contributed by atoms with Crippen molar-refractivity contribution in [1.29, 1.82) is 0 Å². The number of aliphatic hydroxyl groups is 2. The Kier molecular flexibility index (Phi) is 5.60. The third-order valence-electron chi connectivity index (χ3n) is 3.50. The fourth-order valence-electron chi connectivity index (χ4n) is 2.55.